The van der Waals surface area contributed by atoms with Crippen molar-refractivity contribution in [2.24, 2.45) is 11.8 Å². The van der Waals surface area contributed by atoms with Crippen LogP contribution in [-0.2, 0) is 6.42 Å². The second-order valence-corrected chi connectivity index (χ2v) is 7.51. The Morgan fingerprint density at radius 1 is 0.885 bits per heavy atom. The highest BCUT2D eigenvalue weighted by Crippen LogP contribution is 2.34. The molecule has 3 rings (SSSR count). The monoisotopic (exact) mass is 361 g/mol. The number of nitrogens with zero attached hydrogens (tertiary/aromatic N) is 1. The predicted molar refractivity (Wildman–Crippen MR) is 98.2 cm³/mol. The highest BCUT2D eigenvalue weighted by atomic mass is 19.2. The average molecular weight is 361 g/mol. The van der Waals surface area contributed by atoms with Crippen LogP contribution in [0.1, 0.15) is 57.4 Å². The number of aromatic nitrogens is 1. The van der Waals surface area contributed by atoms with Gasteiger partial charge in [0.1, 0.15) is 0 Å². The normalized spacial score (nSPS) is 20.3. The summed E-state index contributed by atoms with van der Waals surface area (Å²) in [6.07, 6.45) is 10.2. The van der Waals surface area contributed by atoms with Crippen LogP contribution in [0.5, 0.6) is 0 Å². The van der Waals surface area contributed by atoms with Gasteiger partial charge in [-0.25, -0.2) is 4.39 Å². The van der Waals surface area contributed by atoms with E-state index in [9.17, 15) is 13.2 Å². The molecule has 1 nitrogen and oxygen atoms in total. The van der Waals surface area contributed by atoms with Crippen LogP contribution in [0.2, 0.25) is 0 Å². The first-order valence-electron chi connectivity index (χ1n) is 9.67. The van der Waals surface area contributed by atoms with Gasteiger partial charge in [-0.3, -0.25) is 0 Å². The molecule has 1 aliphatic rings. The lowest BCUT2D eigenvalue weighted by atomic mass is 9.78. The molecule has 1 fully saturated rings. The van der Waals surface area contributed by atoms with Crippen molar-refractivity contribution in [3.63, 3.8) is 0 Å². The van der Waals surface area contributed by atoms with Gasteiger partial charge in [0.25, 0.3) is 5.95 Å². The third-order valence-electron chi connectivity index (χ3n) is 5.66. The summed E-state index contributed by atoms with van der Waals surface area (Å²) in [6, 6.07) is 8.26. The van der Waals surface area contributed by atoms with Gasteiger partial charge in [-0.15, -0.1) is 0 Å². The van der Waals surface area contributed by atoms with Crippen molar-refractivity contribution in [2.45, 2.75) is 58.3 Å². The molecule has 0 amide bonds. The minimum Gasteiger partial charge on any atom is -0.202 e. The van der Waals surface area contributed by atoms with Crippen LogP contribution in [0.25, 0.3) is 11.1 Å². The predicted octanol–water partition coefficient (Wildman–Crippen LogP) is 6.71. The van der Waals surface area contributed by atoms with Gasteiger partial charge in [0.05, 0.1) is 0 Å². The zero-order valence-corrected chi connectivity index (χ0v) is 15.3. The maximum atomic E-state index is 13.8. The number of aryl methyl sites for hydroxylation is 1. The maximum absolute atomic E-state index is 13.8. The summed E-state index contributed by atoms with van der Waals surface area (Å²) in [6.45, 7) is 2.26. The van der Waals surface area contributed by atoms with Gasteiger partial charge in [-0.05, 0) is 41.9 Å². The van der Waals surface area contributed by atoms with Gasteiger partial charge < -0.3 is 0 Å². The summed E-state index contributed by atoms with van der Waals surface area (Å²) >= 11 is 0. The fourth-order valence-electron chi connectivity index (χ4n) is 4.09. The molecule has 0 saturated heterocycles. The highest BCUT2D eigenvalue weighted by Gasteiger charge is 2.20. The summed E-state index contributed by atoms with van der Waals surface area (Å²) < 4.78 is 40.1. The summed E-state index contributed by atoms with van der Waals surface area (Å²) in [4.78, 5) is 2.98. The molecule has 4 heteroatoms. The summed E-state index contributed by atoms with van der Waals surface area (Å²) in [5.41, 5.74) is 1.70. The molecule has 140 valence electrons. The van der Waals surface area contributed by atoms with Crippen molar-refractivity contribution < 1.29 is 13.2 Å². The summed E-state index contributed by atoms with van der Waals surface area (Å²) in [7, 11) is 0. The maximum Gasteiger partial charge on any atom is 0.251 e. The van der Waals surface area contributed by atoms with Crippen LogP contribution >= 0.6 is 0 Å². The van der Waals surface area contributed by atoms with Crippen LogP contribution in [0.4, 0.5) is 13.2 Å². The van der Waals surface area contributed by atoms with Crippen molar-refractivity contribution in [1.29, 1.82) is 0 Å². The van der Waals surface area contributed by atoms with E-state index < -0.39 is 17.7 Å². The Balaban J connectivity index is 1.56. The number of hydrogen-bond donors (Lipinski definition) is 0. The molecule has 1 heterocycles. The van der Waals surface area contributed by atoms with E-state index in [1.807, 2.05) is 12.1 Å². The zero-order valence-electron chi connectivity index (χ0n) is 15.3. The lowest BCUT2D eigenvalue weighted by Gasteiger charge is -2.28. The highest BCUT2D eigenvalue weighted by molar-refractivity contribution is 5.63. The lowest BCUT2D eigenvalue weighted by Crippen LogP contribution is -2.15. The Hall–Kier alpha value is -1.84. The molecule has 0 radical (unpaired) electrons. The van der Waals surface area contributed by atoms with E-state index in [4.69, 9.17) is 0 Å². The molecule has 1 aromatic heterocycles. The topological polar surface area (TPSA) is 12.9 Å². The van der Waals surface area contributed by atoms with Gasteiger partial charge in [-0.1, -0.05) is 69.7 Å². The van der Waals surface area contributed by atoms with Crippen LogP contribution < -0.4 is 0 Å². The van der Waals surface area contributed by atoms with E-state index in [-0.39, 0.29) is 5.56 Å². The van der Waals surface area contributed by atoms with Crippen LogP contribution in [0, 0.1) is 29.5 Å². The molecule has 2 aromatic rings. The Kier molecular flexibility index (Phi) is 6.33. The van der Waals surface area contributed by atoms with Crippen LogP contribution in [-0.4, -0.2) is 4.98 Å². The standard InChI is InChI=1S/C22H26F3N/c1-2-3-15-4-6-16(7-5-15)8-9-17-10-12-18(13-11-17)19-14-20(23)22(25)26-21(19)24/h10-16H,2-9H2,1H3/t15-,16-. The second kappa shape index (κ2) is 8.70. The van der Waals surface area contributed by atoms with Crippen LogP contribution in [0.15, 0.2) is 30.3 Å². The number of pyridine rings is 1. The van der Waals surface area contributed by atoms with Gasteiger partial charge in [0.15, 0.2) is 5.82 Å². The molecular formula is C22H26F3N. The zero-order chi connectivity index (χ0) is 18.5. The van der Waals surface area contributed by atoms with Gasteiger partial charge in [0, 0.05) is 5.56 Å². The van der Waals surface area contributed by atoms with E-state index in [0.717, 1.165) is 24.3 Å². The number of halogens is 3. The SMILES string of the molecule is CCC[C@H]1CC[C@H](CCc2ccc(-c3cc(F)c(F)nc3F)cc2)CC1. The number of hydrogen-bond acceptors (Lipinski definition) is 1. The third-order valence-corrected chi connectivity index (χ3v) is 5.66. The van der Waals surface area contributed by atoms with E-state index in [1.165, 1.54) is 50.5 Å². The Morgan fingerprint density at radius 2 is 1.50 bits per heavy atom. The Bertz CT molecular complexity index is 719. The molecule has 26 heavy (non-hydrogen) atoms. The smallest absolute Gasteiger partial charge is 0.202 e. The Labute approximate surface area is 153 Å². The first-order chi connectivity index (χ1) is 12.6. The quantitative estimate of drug-likeness (QED) is 0.521. The molecule has 1 saturated carbocycles. The van der Waals surface area contributed by atoms with Crippen molar-refractivity contribution >= 4 is 0 Å². The van der Waals surface area contributed by atoms with E-state index in [1.54, 1.807) is 12.1 Å². The molecule has 0 unspecified atom stereocenters. The molecule has 0 bridgehead atoms. The van der Waals surface area contributed by atoms with Gasteiger partial charge in [0.2, 0.25) is 5.95 Å². The molecule has 0 spiro atoms. The fourth-order valence-corrected chi connectivity index (χ4v) is 4.09. The minimum atomic E-state index is -1.41. The molecule has 0 atom stereocenters. The van der Waals surface area contributed by atoms with E-state index >= 15 is 0 Å². The molecule has 1 aliphatic carbocycles. The Morgan fingerprint density at radius 3 is 2.12 bits per heavy atom. The van der Waals surface area contributed by atoms with E-state index in [2.05, 4.69) is 11.9 Å². The van der Waals surface area contributed by atoms with Crippen molar-refractivity contribution in [3.05, 3.63) is 53.6 Å². The minimum absolute atomic E-state index is 0.00954. The molecule has 1 aromatic carbocycles. The largest absolute Gasteiger partial charge is 0.251 e. The molecule has 0 N–H and O–H groups in total. The number of benzene rings is 1. The third kappa shape index (κ3) is 4.66. The van der Waals surface area contributed by atoms with Crippen molar-refractivity contribution in [2.75, 3.05) is 0 Å². The second-order valence-electron chi connectivity index (χ2n) is 7.51. The van der Waals surface area contributed by atoms with Gasteiger partial charge >= 0.3 is 0 Å². The van der Waals surface area contributed by atoms with Crippen molar-refractivity contribution in [1.82, 2.24) is 4.98 Å². The average Bonchev–Trinajstić information content (AvgIpc) is 2.65. The van der Waals surface area contributed by atoms with Crippen molar-refractivity contribution in [3.8, 4) is 11.1 Å². The molecule has 0 aliphatic heterocycles. The molecular weight excluding hydrogens is 335 g/mol. The van der Waals surface area contributed by atoms with Crippen LogP contribution in [0.3, 0.4) is 0 Å². The summed E-state index contributed by atoms with van der Waals surface area (Å²) in [5.74, 6) is -1.80. The van der Waals surface area contributed by atoms with Gasteiger partial charge in [-0.2, -0.15) is 13.8 Å². The summed E-state index contributed by atoms with van der Waals surface area (Å²) in [5, 5.41) is 0. The first-order valence-corrected chi connectivity index (χ1v) is 9.67. The first kappa shape index (κ1) is 18.9. The fraction of sp³-hybridized carbons (Fsp3) is 0.500. The van der Waals surface area contributed by atoms with E-state index in [0.29, 0.717) is 5.56 Å². The lowest BCUT2D eigenvalue weighted by molar-refractivity contribution is 0.252. The number of rotatable bonds is 6.